The molecular weight excluding hydrogens is 405 g/mol. The Labute approximate surface area is 140 Å². The van der Waals surface area contributed by atoms with Crippen molar-refractivity contribution >= 4 is 43.5 Å². The Bertz CT molecular complexity index is 606. The largest absolute Gasteiger partial charge is 0.388 e. The number of hydrogen-bond acceptors (Lipinski definition) is 2. The van der Waals surface area contributed by atoms with Crippen LogP contribution in [0.25, 0.3) is 0 Å². The van der Waals surface area contributed by atoms with Crippen LogP contribution in [-0.2, 0) is 0 Å². The Morgan fingerprint density at radius 1 is 1.10 bits per heavy atom. The Kier molecular flexibility index (Phi) is 5.64. The molecule has 0 aromatic heterocycles. The minimum Gasteiger partial charge on any atom is -0.388 e. The third-order valence-electron chi connectivity index (χ3n) is 3.22. The summed E-state index contributed by atoms with van der Waals surface area (Å²) in [6.45, 7) is 0.351. The molecular formula is C15H14Br2ClNO. The van der Waals surface area contributed by atoms with Crippen LogP contribution in [0.3, 0.4) is 0 Å². The maximum absolute atomic E-state index is 10.6. The summed E-state index contributed by atoms with van der Waals surface area (Å²) in [5, 5.41) is 11.2. The second-order valence-corrected chi connectivity index (χ2v) is 6.60. The number of hydrogen-bond donors (Lipinski definition) is 2. The molecule has 0 aliphatic heterocycles. The molecule has 2 aromatic carbocycles. The molecule has 0 bridgehead atoms. The van der Waals surface area contributed by atoms with Gasteiger partial charge in [-0.05, 0) is 45.3 Å². The second-order valence-electron chi connectivity index (χ2n) is 4.48. The van der Waals surface area contributed by atoms with E-state index in [-0.39, 0.29) is 5.92 Å². The maximum atomic E-state index is 10.6. The van der Waals surface area contributed by atoms with Gasteiger partial charge in [-0.2, -0.15) is 0 Å². The first kappa shape index (κ1) is 16.0. The first-order chi connectivity index (χ1) is 9.54. The van der Waals surface area contributed by atoms with Crippen molar-refractivity contribution in [2.45, 2.75) is 12.0 Å². The molecule has 2 unspecified atom stereocenters. The molecule has 0 heterocycles. The summed E-state index contributed by atoms with van der Waals surface area (Å²) in [4.78, 5) is 0. The number of benzene rings is 2. The monoisotopic (exact) mass is 417 g/mol. The van der Waals surface area contributed by atoms with Crippen LogP contribution in [0.15, 0.2) is 51.4 Å². The predicted octanol–water partition coefficient (Wildman–Crippen LogP) is 4.64. The van der Waals surface area contributed by atoms with E-state index >= 15 is 0 Å². The summed E-state index contributed by atoms with van der Waals surface area (Å²) >= 11 is 12.9. The van der Waals surface area contributed by atoms with Crippen LogP contribution >= 0.6 is 43.5 Å². The van der Waals surface area contributed by atoms with E-state index < -0.39 is 6.10 Å². The molecule has 5 heteroatoms. The van der Waals surface area contributed by atoms with Gasteiger partial charge < -0.3 is 10.8 Å². The average Bonchev–Trinajstić information content (AvgIpc) is 2.44. The molecule has 0 spiro atoms. The zero-order valence-corrected chi connectivity index (χ0v) is 14.5. The minimum absolute atomic E-state index is 0.182. The summed E-state index contributed by atoms with van der Waals surface area (Å²) in [6, 6.07) is 13.2. The van der Waals surface area contributed by atoms with E-state index in [9.17, 15) is 5.11 Å². The van der Waals surface area contributed by atoms with Gasteiger partial charge in [-0.25, -0.2) is 0 Å². The van der Waals surface area contributed by atoms with E-state index in [1.54, 1.807) is 6.07 Å². The zero-order valence-electron chi connectivity index (χ0n) is 10.6. The lowest BCUT2D eigenvalue weighted by Gasteiger charge is -2.23. The van der Waals surface area contributed by atoms with Gasteiger partial charge in [-0.15, -0.1) is 0 Å². The molecule has 106 valence electrons. The number of nitrogens with two attached hydrogens (primary N) is 1. The lowest BCUT2D eigenvalue weighted by atomic mass is 9.89. The number of aliphatic hydroxyl groups is 1. The van der Waals surface area contributed by atoms with Crippen molar-refractivity contribution in [3.05, 3.63) is 67.6 Å². The molecule has 2 aromatic rings. The highest BCUT2D eigenvalue weighted by atomic mass is 79.9. The normalized spacial score (nSPS) is 14.1. The van der Waals surface area contributed by atoms with Gasteiger partial charge in [0.25, 0.3) is 0 Å². The standard InChI is InChI=1S/C15H14Br2ClNO/c16-12-4-2-1-3-10(12)11(8-19)15(20)9-5-6-14(18)13(17)7-9/h1-7,11,15,20H,8,19H2. The lowest BCUT2D eigenvalue weighted by molar-refractivity contribution is 0.147. The summed E-state index contributed by atoms with van der Waals surface area (Å²) in [7, 11) is 0. The van der Waals surface area contributed by atoms with Crippen LogP contribution < -0.4 is 5.73 Å². The van der Waals surface area contributed by atoms with Gasteiger partial charge in [-0.1, -0.05) is 51.8 Å². The zero-order chi connectivity index (χ0) is 14.7. The summed E-state index contributed by atoms with van der Waals surface area (Å²) in [6.07, 6.45) is -0.688. The molecule has 0 fully saturated rings. The average molecular weight is 420 g/mol. The van der Waals surface area contributed by atoms with E-state index in [0.29, 0.717) is 11.6 Å². The summed E-state index contributed by atoms with van der Waals surface area (Å²) in [5.41, 5.74) is 7.64. The second kappa shape index (κ2) is 7.05. The number of aliphatic hydroxyl groups excluding tert-OH is 1. The smallest absolute Gasteiger partial charge is 0.0871 e. The molecule has 2 atom stereocenters. The van der Waals surface area contributed by atoms with E-state index in [1.165, 1.54) is 0 Å². The van der Waals surface area contributed by atoms with Crippen LogP contribution in [0.1, 0.15) is 23.1 Å². The number of halogens is 3. The highest BCUT2D eigenvalue weighted by Gasteiger charge is 2.23. The Morgan fingerprint density at radius 2 is 1.80 bits per heavy atom. The van der Waals surface area contributed by atoms with Crippen LogP contribution in [0.4, 0.5) is 0 Å². The Balaban J connectivity index is 2.36. The lowest BCUT2D eigenvalue weighted by Crippen LogP contribution is -2.20. The van der Waals surface area contributed by atoms with Crippen molar-refractivity contribution < 1.29 is 5.11 Å². The van der Waals surface area contributed by atoms with Gasteiger partial charge in [0.2, 0.25) is 0 Å². The van der Waals surface area contributed by atoms with Crippen molar-refractivity contribution in [1.82, 2.24) is 0 Å². The molecule has 20 heavy (non-hydrogen) atoms. The first-order valence-electron chi connectivity index (χ1n) is 6.12. The molecule has 0 saturated carbocycles. The van der Waals surface area contributed by atoms with E-state index in [0.717, 1.165) is 20.1 Å². The fourth-order valence-electron chi connectivity index (χ4n) is 2.13. The van der Waals surface area contributed by atoms with Crippen LogP contribution in [0, 0.1) is 0 Å². The van der Waals surface area contributed by atoms with Gasteiger partial charge in [0.1, 0.15) is 0 Å². The number of rotatable bonds is 4. The van der Waals surface area contributed by atoms with Crippen LogP contribution in [-0.4, -0.2) is 11.7 Å². The summed E-state index contributed by atoms with van der Waals surface area (Å²) < 4.78 is 1.71. The van der Waals surface area contributed by atoms with E-state index in [2.05, 4.69) is 31.9 Å². The van der Waals surface area contributed by atoms with Gasteiger partial charge in [0.05, 0.1) is 11.1 Å². The molecule has 0 radical (unpaired) electrons. The Hall–Kier alpha value is -0.390. The van der Waals surface area contributed by atoms with Crippen LogP contribution in [0.2, 0.25) is 5.02 Å². The molecule has 0 aliphatic rings. The van der Waals surface area contributed by atoms with Crippen molar-refractivity contribution in [3.63, 3.8) is 0 Å². The SMILES string of the molecule is NCC(c1ccccc1Br)C(O)c1ccc(Cl)c(Br)c1. The quantitative estimate of drug-likeness (QED) is 0.758. The van der Waals surface area contributed by atoms with Gasteiger partial charge in [-0.3, -0.25) is 0 Å². The third kappa shape index (κ3) is 3.43. The first-order valence-corrected chi connectivity index (χ1v) is 8.08. The highest BCUT2D eigenvalue weighted by molar-refractivity contribution is 9.10. The highest BCUT2D eigenvalue weighted by Crippen LogP contribution is 2.36. The van der Waals surface area contributed by atoms with Gasteiger partial charge in [0.15, 0.2) is 0 Å². The molecule has 2 rings (SSSR count). The molecule has 0 aliphatic carbocycles. The molecule has 2 nitrogen and oxygen atoms in total. The van der Waals surface area contributed by atoms with Crippen molar-refractivity contribution in [2.75, 3.05) is 6.54 Å². The van der Waals surface area contributed by atoms with Crippen LogP contribution in [0.5, 0.6) is 0 Å². The fourth-order valence-corrected chi connectivity index (χ4v) is 3.22. The Morgan fingerprint density at radius 3 is 2.40 bits per heavy atom. The van der Waals surface area contributed by atoms with Gasteiger partial charge in [0, 0.05) is 21.4 Å². The molecule has 0 amide bonds. The van der Waals surface area contributed by atoms with E-state index in [1.807, 2.05) is 36.4 Å². The fraction of sp³-hybridized carbons (Fsp3) is 0.200. The van der Waals surface area contributed by atoms with Crippen molar-refractivity contribution in [2.24, 2.45) is 5.73 Å². The topological polar surface area (TPSA) is 46.2 Å². The summed E-state index contributed by atoms with van der Waals surface area (Å²) in [5.74, 6) is -0.182. The van der Waals surface area contributed by atoms with Crippen molar-refractivity contribution in [1.29, 1.82) is 0 Å². The maximum Gasteiger partial charge on any atom is 0.0871 e. The minimum atomic E-state index is -0.688. The molecule has 0 saturated heterocycles. The predicted molar refractivity (Wildman–Crippen MR) is 90.0 cm³/mol. The van der Waals surface area contributed by atoms with Crippen molar-refractivity contribution in [3.8, 4) is 0 Å². The van der Waals surface area contributed by atoms with Gasteiger partial charge >= 0.3 is 0 Å². The third-order valence-corrected chi connectivity index (χ3v) is 5.16. The molecule has 3 N–H and O–H groups in total. The van der Waals surface area contributed by atoms with E-state index in [4.69, 9.17) is 17.3 Å².